The van der Waals surface area contributed by atoms with Gasteiger partial charge in [-0.15, -0.1) is 0 Å². The van der Waals surface area contributed by atoms with Gasteiger partial charge >= 0.3 is 0 Å². The first kappa shape index (κ1) is 21.0. The van der Waals surface area contributed by atoms with Crippen LogP contribution in [0.4, 0.5) is 10.2 Å². The quantitative estimate of drug-likeness (QED) is 0.743. The predicted molar refractivity (Wildman–Crippen MR) is 108 cm³/mol. The van der Waals surface area contributed by atoms with Gasteiger partial charge in [0.1, 0.15) is 17.7 Å². The number of benzene rings is 1. The van der Waals surface area contributed by atoms with E-state index < -0.39 is 11.7 Å². The summed E-state index contributed by atoms with van der Waals surface area (Å²) in [6.07, 6.45) is 2.45. The highest BCUT2D eigenvalue weighted by Gasteiger charge is 2.20. The van der Waals surface area contributed by atoms with Crippen molar-refractivity contribution in [3.8, 4) is 6.07 Å². The number of amides is 2. The summed E-state index contributed by atoms with van der Waals surface area (Å²) in [6.45, 7) is 3.49. The van der Waals surface area contributed by atoms with Gasteiger partial charge in [-0.2, -0.15) is 5.26 Å². The minimum absolute atomic E-state index is 0.0335. The van der Waals surface area contributed by atoms with Gasteiger partial charge in [0.05, 0.1) is 29.9 Å². The third kappa shape index (κ3) is 4.29. The Morgan fingerprint density at radius 3 is 2.63 bits per heavy atom. The number of rotatable bonds is 4. The number of morpholine rings is 1. The van der Waals surface area contributed by atoms with Crippen LogP contribution in [0.15, 0.2) is 36.7 Å². The van der Waals surface area contributed by atoms with Gasteiger partial charge in [0.25, 0.3) is 11.8 Å². The monoisotopic (exact) mass is 409 g/mol. The molecular formula is C21H20FN5O3. The van der Waals surface area contributed by atoms with Crippen LogP contribution in [0.5, 0.6) is 0 Å². The molecule has 1 aromatic carbocycles. The summed E-state index contributed by atoms with van der Waals surface area (Å²) < 4.78 is 19.5. The molecule has 2 aromatic rings. The second-order valence-electron chi connectivity index (χ2n) is 6.58. The molecule has 0 atom stereocenters. The van der Waals surface area contributed by atoms with E-state index >= 15 is 0 Å². The molecule has 0 saturated carbocycles. The third-order valence-corrected chi connectivity index (χ3v) is 4.76. The van der Waals surface area contributed by atoms with Gasteiger partial charge < -0.3 is 20.7 Å². The molecule has 2 heterocycles. The average Bonchev–Trinajstić information content (AvgIpc) is 2.78. The van der Waals surface area contributed by atoms with E-state index in [1.54, 1.807) is 17.0 Å². The highest BCUT2D eigenvalue weighted by atomic mass is 19.1. The number of carbonyl (C=O) groups is 2. The largest absolute Gasteiger partial charge is 0.404 e. The molecule has 0 aliphatic carbocycles. The van der Waals surface area contributed by atoms with Gasteiger partial charge in [-0.05, 0) is 36.2 Å². The van der Waals surface area contributed by atoms with E-state index in [1.165, 1.54) is 31.3 Å². The Bertz CT molecular complexity index is 1040. The second-order valence-corrected chi connectivity index (χ2v) is 6.58. The SMILES string of the molecule is Cc1c(C(=CN)C(=O)Nc2ccc(C(=O)N3CCOCC3)cn2)ccc(C#N)c1F. The topological polar surface area (TPSA) is 121 Å². The lowest BCUT2D eigenvalue weighted by Gasteiger charge is -2.26. The molecule has 0 radical (unpaired) electrons. The Balaban J connectivity index is 1.74. The van der Waals surface area contributed by atoms with Crippen molar-refractivity contribution >= 4 is 23.2 Å². The van der Waals surface area contributed by atoms with E-state index in [0.717, 1.165) is 6.20 Å². The fourth-order valence-electron chi connectivity index (χ4n) is 3.08. The number of nitrogens with one attached hydrogen (secondary N) is 1. The number of anilines is 1. The van der Waals surface area contributed by atoms with Gasteiger partial charge in [0.15, 0.2) is 0 Å². The zero-order valence-corrected chi connectivity index (χ0v) is 16.3. The van der Waals surface area contributed by atoms with Gasteiger partial charge in [-0.3, -0.25) is 9.59 Å². The standard InChI is InChI=1S/C21H20FN5O3/c1-13-16(4-2-14(10-23)19(13)22)17(11-24)20(28)26-18-5-3-15(12-25-18)21(29)27-6-8-30-9-7-27/h2-5,11-12H,6-9,24H2,1H3,(H,25,26,28). The van der Waals surface area contributed by atoms with Gasteiger partial charge in [-0.25, -0.2) is 9.37 Å². The Morgan fingerprint density at radius 2 is 2.03 bits per heavy atom. The number of nitrogens with zero attached hydrogens (tertiary/aromatic N) is 3. The van der Waals surface area contributed by atoms with Gasteiger partial charge in [0.2, 0.25) is 0 Å². The fourth-order valence-corrected chi connectivity index (χ4v) is 3.08. The van der Waals surface area contributed by atoms with Crippen molar-refractivity contribution in [3.05, 3.63) is 64.7 Å². The van der Waals surface area contributed by atoms with Gasteiger partial charge in [-0.1, -0.05) is 6.07 Å². The molecule has 9 heteroatoms. The van der Waals surface area contributed by atoms with Crippen LogP contribution < -0.4 is 11.1 Å². The van der Waals surface area contributed by atoms with Crippen molar-refractivity contribution in [2.24, 2.45) is 5.73 Å². The molecule has 1 saturated heterocycles. The number of nitriles is 1. The molecule has 2 amide bonds. The summed E-state index contributed by atoms with van der Waals surface area (Å²) in [7, 11) is 0. The smallest absolute Gasteiger partial charge is 0.258 e. The summed E-state index contributed by atoms with van der Waals surface area (Å²) in [5.74, 6) is -1.24. The molecule has 0 bridgehead atoms. The lowest BCUT2D eigenvalue weighted by molar-refractivity contribution is -0.111. The summed E-state index contributed by atoms with van der Waals surface area (Å²) >= 11 is 0. The van der Waals surface area contributed by atoms with Crippen LogP contribution in [0.25, 0.3) is 5.57 Å². The highest BCUT2D eigenvalue weighted by Crippen LogP contribution is 2.24. The number of ether oxygens (including phenoxy) is 1. The molecule has 3 N–H and O–H groups in total. The number of nitrogens with two attached hydrogens (primary N) is 1. The number of hydrogen-bond donors (Lipinski definition) is 2. The zero-order chi connectivity index (χ0) is 21.7. The Labute approximate surface area is 172 Å². The minimum atomic E-state index is -0.703. The number of carbonyl (C=O) groups excluding carboxylic acids is 2. The second kappa shape index (κ2) is 9.15. The van der Waals surface area contributed by atoms with Crippen LogP contribution in [0, 0.1) is 24.1 Å². The van der Waals surface area contributed by atoms with Gasteiger partial charge in [0, 0.05) is 25.5 Å². The summed E-state index contributed by atoms with van der Waals surface area (Å²) in [5, 5.41) is 11.5. The maximum absolute atomic E-state index is 14.2. The number of halogens is 1. The number of hydrogen-bond acceptors (Lipinski definition) is 6. The lowest BCUT2D eigenvalue weighted by Crippen LogP contribution is -2.40. The van der Waals surface area contributed by atoms with Crippen molar-refractivity contribution in [2.75, 3.05) is 31.6 Å². The molecule has 1 aromatic heterocycles. The van der Waals surface area contributed by atoms with Crippen LogP contribution in [0.1, 0.15) is 27.0 Å². The Hall–Kier alpha value is -3.77. The Kier molecular flexibility index (Phi) is 6.39. The summed E-state index contributed by atoms with van der Waals surface area (Å²) in [4.78, 5) is 30.9. The number of aromatic nitrogens is 1. The first-order valence-electron chi connectivity index (χ1n) is 9.22. The third-order valence-electron chi connectivity index (χ3n) is 4.76. The van der Waals surface area contributed by atoms with E-state index in [2.05, 4.69) is 10.3 Å². The molecule has 3 rings (SSSR count). The van der Waals surface area contributed by atoms with E-state index in [9.17, 15) is 14.0 Å². The van der Waals surface area contributed by atoms with Crippen molar-refractivity contribution in [2.45, 2.75) is 6.92 Å². The van der Waals surface area contributed by atoms with Crippen molar-refractivity contribution in [3.63, 3.8) is 0 Å². The molecular weight excluding hydrogens is 389 g/mol. The minimum Gasteiger partial charge on any atom is -0.404 e. The lowest BCUT2D eigenvalue weighted by atomic mass is 9.98. The molecule has 1 fully saturated rings. The van der Waals surface area contributed by atoms with Crippen LogP contribution in [-0.4, -0.2) is 48.0 Å². The average molecular weight is 409 g/mol. The van der Waals surface area contributed by atoms with E-state index in [0.29, 0.717) is 31.9 Å². The maximum Gasteiger partial charge on any atom is 0.258 e. The van der Waals surface area contributed by atoms with Crippen molar-refractivity contribution in [1.82, 2.24) is 9.88 Å². The molecule has 1 aliphatic rings. The molecule has 154 valence electrons. The highest BCUT2D eigenvalue weighted by molar-refractivity contribution is 6.25. The van der Waals surface area contributed by atoms with Crippen LogP contribution >= 0.6 is 0 Å². The maximum atomic E-state index is 14.2. The number of pyridine rings is 1. The normalized spacial score (nSPS) is 14.2. The van der Waals surface area contributed by atoms with Crippen molar-refractivity contribution in [1.29, 1.82) is 5.26 Å². The summed E-state index contributed by atoms with van der Waals surface area (Å²) in [6, 6.07) is 7.58. The van der Waals surface area contributed by atoms with E-state index in [-0.39, 0.29) is 34.0 Å². The molecule has 0 spiro atoms. The van der Waals surface area contributed by atoms with Crippen LogP contribution in [-0.2, 0) is 9.53 Å². The molecule has 1 aliphatic heterocycles. The molecule has 0 unspecified atom stereocenters. The summed E-state index contributed by atoms with van der Waals surface area (Å²) in [5.41, 5.74) is 6.33. The predicted octanol–water partition coefficient (Wildman–Crippen LogP) is 1.81. The van der Waals surface area contributed by atoms with E-state index in [4.69, 9.17) is 15.7 Å². The molecule has 30 heavy (non-hydrogen) atoms. The Morgan fingerprint density at radius 1 is 1.30 bits per heavy atom. The first-order valence-corrected chi connectivity index (χ1v) is 9.22. The fraction of sp³-hybridized carbons (Fsp3) is 0.238. The molecule has 8 nitrogen and oxygen atoms in total. The zero-order valence-electron chi connectivity index (χ0n) is 16.3. The van der Waals surface area contributed by atoms with Crippen LogP contribution in [0.3, 0.4) is 0 Å². The van der Waals surface area contributed by atoms with E-state index in [1.807, 2.05) is 0 Å². The first-order chi connectivity index (χ1) is 14.5. The van der Waals surface area contributed by atoms with Crippen LogP contribution in [0.2, 0.25) is 0 Å². The van der Waals surface area contributed by atoms with Crippen molar-refractivity contribution < 1.29 is 18.7 Å².